The molecule has 3 atom stereocenters. The number of alkyl halides is 9. The number of phenolic OH excluding ortho intramolecular Hbond substituents is 1. The van der Waals surface area contributed by atoms with E-state index < -0.39 is 73.0 Å². The van der Waals surface area contributed by atoms with Gasteiger partial charge >= 0.3 is 30.1 Å². The van der Waals surface area contributed by atoms with Crippen molar-refractivity contribution >= 4 is 27.5 Å². The Bertz CT molecular complexity index is 2270. The van der Waals surface area contributed by atoms with Crippen molar-refractivity contribution in [3.05, 3.63) is 47.2 Å². The van der Waals surface area contributed by atoms with Crippen molar-refractivity contribution in [3.8, 4) is 35.4 Å². The van der Waals surface area contributed by atoms with Gasteiger partial charge in [-0.05, 0) is 62.2 Å². The minimum absolute atomic E-state index is 0.0375. The molecule has 0 radical (unpaired) electrons. The van der Waals surface area contributed by atoms with Crippen molar-refractivity contribution in [2.45, 2.75) is 73.9 Å². The summed E-state index contributed by atoms with van der Waals surface area (Å²) in [7, 11) is 0. The average molecular weight is 817 g/mol. The highest BCUT2D eigenvalue weighted by atomic mass is 19.4. The fourth-order valence-corrected chi connectivity index (χ4v) is 8.87. The summed E-state index contributed by atoms with van der Waals surface area (Å²) in [5.41, 5.74) is -8.31. The number of phenols is 1. The molecule has 0 unspecified atom stereocenters. The standard InChI is InChI=1S/C37H31F11N6O3/c1-2-22-24(38)6-4-18-12-20(55)13-23(26(18)22)29-28(39)30-27-25(50-29)7-5-19-15-49-9-11-54(19)31(27)52-32(51-30)56-17-33-8-3-10-53(33)16-21(14-33)57-34(35(40,41)42,36(43,44)45)37(46,47)48/h1,4,6,12-13,19,21,49,55H,3,5,7-11,14-17H2/t19-,21+,33+/m1/s1. The molecule has 0 saturated carbocycles. The highest BCUT2D eigenvalue weighted by Crippen LogP contribution is 2.57. The topological polar surface area (TPSA) is 95.9 Å². The molecule has 0 aliphatic carbocycles. The van der Waals surface area contributed by atoms with Crippen LogP contribution in [0.3, 0.4) is 0 Å². The third-order valence-corrected chi connectivity index (χ3v) is 11.4. The predicted octanol–water partition coefficient (Wildman–Crippen LogP) is 6.96. The number of aromatic nitrogens is 3. The van der Waals surface area contributed by atoms with Crippen LogP contribution in [-0.2, 0) is 11.2 Å². The fraction of sp³-hybridized carbons (Fsp3) is 0.486. The number of terminal acetylenes is 1. The molecule has 9 nitrogen and oxygen atoms in total. The molecule has 3 saturated heterocycles. The van der Waals surface area contributed by atoms with E-state index in [1.54, 1.807) is 0 Å². The molecule has 57 heavy (non-hydrogen) atoms. The summed E-state index contributed by atoms with van der Waals surface area (Å²) in [6.45, 7) is 0.363. The van der Waals surface area contributed by atoms with Gasteiger partial charge in [0.05, 0.1) is 28.3 Å². The first-order chi connectivity index (χ1) is 26.8. The second-order valence-corrected chi connectivity index (χ2v) is 14.7. The number of hydrogen-bond donors (Lipinski definition) is 2. The lowest BCUT2D eigenvalue weighted by Gasteiger charge is -2.40. The normalized spacial score (nSPS) is 23.1. The molecule has 20 heteroatoms. The van der Waals surface area contributed by atoms with Crippen LogP contribution in [-0.4, -0.2) is 106 Å². The molecule has 6 heterocycles. The van der Waals surface area contributed by atoms with Crippen LogP contribution in [0.1, 0.15) is 36.9 Å². The van der Waals surface area contributed by atoms with Crippen LogP contribution in [0.2, 0.25) is 0 Å². The monoisotopic (exact) mass is 816 g/mol. The second kappa shape index (κ2) is 13.4. The van der Waals surface area contributed by atoms with Crippen LogP contribution in [0.25, 0.3) is 32.9 Å². The molecule has 4 aliphatic rings. The number of halogens is 11. The van der Waals surface area contributed by atoms with Crippen LogP contribution in [0.5, 0.6) is 11.8 Å². The average Bonchev–Trinajstić information content (AvgIpc) is 3.62. The highest BCUT2D eigenvalue weighted by molar-refractivity contribution is 6.03. The van der Waals surface area contributed by atoms with Crippen LogP contribution >= 0.6 is 0 Å². The zero-order valence-corrected chi connectivity index (χ0v) is 29.5. The van der Waals surface area contributed by atoms with Gasteiger partial charge in [0.15, 0.2) is 5.82 Å². The molecule has 304 valence electrons. The number of aromatic hydroxyl groups is 1. The first kappa shape index (κ1) is 39.1. The zero-order valence-electron chi connectivity index (χ0n) is 29.5. The maximum atomic E-state index is 17.1. The van der Waals surface area contributed by atoms with E-state index in [0.29, 0.717) is 50.0 Å². The summed E-state index contributed by atoms with van der Waals surface area (Å²) in [6, 6.07) is 4.38. The number of pyridine rings is 1. The van der Waals surface area contributed by atoms with Crippen molar-refractivity contribution < 1.29 is 62.9 Å². The van der Waals surface area contributed by atoms with E-state index >= 15 is 4.39 Å². The van der Waals surface area contributed by atoms with E-state index in [-0.39, 0.29) is 63.7 Å². The number of anilines is 1. The van der Waals surface area contributed by atoms with Crippen LogP contribution < -0.4 is 15.0 Å². The summed E-state index contributed by atoms with van der Waals surface area (Å²) < 4.78 is 166. The molecule has 0 bridgehead atoms. The number of piperazine rings is 1. The molecule has 4 aromatic rings. The lowest BCUT2D eigenvalue weighted by molar-refractivity contribution is -0.463. The van der Waals surface area contributed by atoms with Gasteiger partial charge in [0.1, 0.15) is 35.2 Å². The van der Waals surface area contributed by atoms with Crippen LogP contribution in [0.15, 0.2) is 24.3 Å². The number of nitrogens with zero attached hydrogens (tertiary/aromatic N) is 5. The summed E-state index contributed by atoms with van der Waals surface area (Å²) in [5, 5.41) is 14.5. The largest absolute Gasteiger partial charge is 0.508 e. The zero-order chi connectivity index (χ0) is 40.9. The van der Waals surface area contributed by atoms with Gasteiger partial charge in [-0.3, -0.25) is 4.90 Å². The lowest BCUT2D eigenvalue weighted by atomic mass is 9.93. The van der Waals surface area contributed by atoms with Gasteiger partial charge in [-0.25, -0.2) is 13.8 Å². The third kappa shape index (κ3) is 6.15. The van der Waals surface area contributed by atoms with Gasteiger partial charge in [-0.2, -0.15) is 49.5 Å². The van der Waals surface area contributed by atoms with Gasteiger partial charge in [-0.15, -0.1) is 6.42 Å². The number of hydrogen-bond acceptors (Lipinski definition) is 9. The van der Waals surface area contributed by atoms with Gasteiger partial charge in [0, 0.05) is 43.2 Å². The van der Waals surface area contributed by atoms with Gasteiger partial charge in [0.2, 0.25) is 0 Å². The first-order valence-electron chi connectivity index (χ1n) is 17.8. The van der Waals surface area contributed by atoms with Gasteiger partial charge in [-0.1, -0.05) is 12.0 Å². The predicted molar refractivity (Wildman–Crippen MR) is 182 cm³/mol. The van der Waals surface area contributed by atoms with Crippen LogP contribution in [0, 0.1) is 24.0 Å². The number of nitrogens with one attached hydrogen (secondary N) is 1. The van der Waals surface area contributed by atoms with Crippen molar-refractivity contribution in [2.24, 2.45) is 0 Å². The third-order valence-electron chi connectivity index (χ3n) is 11.4. The Morgan fingerprint density at radius 1 is 0.965 bits per heavy atom. The molecule has 4 aliphatic heterocycles. The molecule has 3 fully saturated rings. The van der Waals surface area contributed by atoms with E-state index in [9.17, 15) is 49.0 Å². The van der Waals surface area contributed by atoms with E-state index in [2.05, 4.69) is 30.9 Å². The maximum Gasteiger partial charge on any atom is 0.435 e. The summed E-state index contributed by atoms with van der Waals surface area (Å²) in [6.07, 6.45) is -16.5. The van der Waals surface area contributed by atoms with E-state index in [1.165, 1.54) is 23.1 Å². The molecule has 2 aromatic carbocycles. The second-order valence-electron chi connectivity index (χ2n) is 14.7. The SMILES string of the molecule is C#Cc1c(F)ccc2cc(O)cc(-c3nc4c5c(nc(OC[C@@]67CCCN6C[C@@H](OC(C(F)(F)F)(C(F)(F)F)C(F)(F)F)C7)nc5c3F)N3CCNC[C@H]3CC4)c12. The Morgan fingerprint density at radius 3 is 2.40 bits per heavy atom. The summed E-state index contributed by atoms with van der Waals surface area (Å²) >= 11 is 0. The Hall–Kier alpha value is -4.74. The summed E-state index contributed by atoms with van der Waals surface area (Å²) in [4.78, 5) is 17.0. The lowest BCUT2D eigenvalue weighted by Crippen LogP contribution is -2.68. The number of ether oxygens (including phenoxy) is 2. The minimum atomic E-state index is -6.89. The number of rotatable bonds is 6. The van der Waals surface area contributed by atoms with E-state index in [0.717, 1.165) is 6.07 Å². The Labute approximate surface area is 316 Å². The van der Waals surface area contributed by atoms with Crippen LogP contribution in [0.4, 0.5) is 54.1 Å². The molecular weight excluding hydrogens is 785 g/mol. The van der Waals surface area contributed by atoms with Gasteiger partial charge < -0.3 is 24.8 Å². The van der Waals surface area contributed by atoms with Crippen molar-refractivity contribution in [1.82, 2.24) is 25.2 Å². The van der Waals surface area contributed by atoms with Crippen molar-refractivity contribution in [3.63, 3.8) is 0 Å². The molecule has 8 rings (SSSR count). The van der Waals surface area contributed by atoms with E-state index in [1.807, 2.05) is 4.90 Å². The Balaban J connectivity index is 1.21. The van der Waals surface area contributed by atoms with Gasteiger partial charge in [0.25, 0.3) is 0 Å². The highest BCUT2D eigenvalue weighted by Gasteiger charge is 2.86. The van der Waals surface area contributed by atoms with Crippen molar-refractivity contribution in [1.29, 1.82) is 0 Å². The Kier molecular flexibility index (Phi) is 9.20. The summed E-state index contributed by atoms with van der Waals surface area (Å²) in [5.74, 6) is 0.421. The molecule has 2 N–H and O–H groups in total. The number of fused-ring (bicyclic) bond motifs is 4. The molecule has 0 amide bonds. The van der Waals surface area contributed by atoms with E-state index in [4.69, 9.17) is 11.2 Å². The quantitative estimate of drug-likeness (QED) is 0.158. The number of benzene rings is 2. The Morgan fingerprint density at radius 2 is 1.70 bits per heavy atom. The smallest absolute Gasteiger partial charge is 0.435 e. The maximum absolute atomic E-state index is 17.1. The molecule has 2 aromatic heterocycles. The first-order valence-corrected chi connectivity index (χ1v) is 17.8. The molecule has 0 spiro atoms. The molecular formula is C37H31F11N6O3. The number of aryl methyl sites for hydroxylation is 1. The minimum Gasteiger partial charge on any atom is -0.508 e. The fourth-order valence-electron chi connectivity index (χ4n) is 8.87. The van der Waals surface area contributed by atoms with Crippen molar-refractivity contribution in [2.75, 3.05) is 44.2 Å².